The average molecular weight is 487 g/mol. The van der Waals surface area contributed by atoms with Gasteiger partial charge in [0.15, 0.2) is 11.6 Å². The van der Waals surface area contributed by atoms with Gasteiger partial charge in [-0.3, -0.25) is 0 Å². The van der Waals surface area contributed by atoms with Gasteiger partial charge in [0.25, 0.3) is 0 Å². The van der Waals surface area contributed by atoms with Crippen LogP contribution in [0, 0.1) is 12.7 Å². The summed E-state index contributed by atoms with van der Waals surface area (Å²) in [7, 11) is 0. The van der Waals surface area contributed by atoms with Crippen molar-refractivity contribution in [2.45, 2.75) is 52.2 Å². The van der Waals surface area contributed by atoms with Crippen LogP contribution in [-0.4, -0.2) is 21.8 Å². The number of halogens is 1. The fraction of sp³-hybridized carbons (Fsp3) is 0.267. The first kappa shape index (κ1) is 25.2. The summed E-state index contributed by atoms with van der Waals surface area (Å²) >= 11 is 0. The van der Waals surface area contributed by atoms with Crippen molar-refractivity contribution >= 4 is 6.16 Å². The average Bonchev–Trinajstić information content (AvgIpc) is 3.22. The number of aryl methyl sites for hydroxylation is 1. The second-order valence-electron chi connectivity index (χ2n) is 8.80. The highest BCUT2D eigenvalue weighted by atomic mass is 19.1. The Kier molecular flexibility index (Phi) is 8.50. The maximum atomic E-state index is 13.6. The summed E-state index contributed by atoms with van der Waals surface area (Å²) in [4.78, 5) is 16.9. The highest BCUT2D eigenvalue weighted by Gasteiger charge is 2.18. The van der Waals surface area contributed by atoms with E-state index in [-0.39, 0.29) is 11.9 Å². The highest BCUT2D eigenvalue weighted by molar-refractivity contribution is 5.79. The first-order valence-electron chi connectivity index (χ1n) is 12.3. The molecule has 0 radical (unpaired) electrons. The summed E-state index contributed by atoms with van der Waals surface area (Å²) < 4.78 is 26.2. The molecule has 36 heavy (non-hydrogen) atoms. The summed E-state index contributed by atoms with van der Waals surface area (Å²) in [5.74, 6) is 0.261. The zero-order valence-corrected chi connectivity index (χ0v) is 20.7. The van der Waals surface area contributed by atoms with Crippen molar-refractivity contribution in [2.75, 3.05) is 0 Å². The topological polar surface area (TPSA) is 53.4 Å². The second-order valence-corrected chi connectivity index (χ2v) is 8.80. The smallest absolute Gasteiger partial charge is 0.431 e. The monoisotopic (exact) mass is 486 g/mol. The number of carbonyl (C=O) groups excluding carboxylic acids is 1. The van der Waals surface area contributed by atoms with Gasteiger partial charge in [0.1, 0.15) is 11.9 Å². The largest absolute Gasteiger partial charge is 0.514 e. The molecule has 5 nitrogen and oxygen atoms in total. The van der Waals surface area contributed by atoms with Crippen LogP contribution < -0.4 is 4.74 Å². The molecule has 0 aliphatic rings. The van der Waals surface area contributed by atoms with Crippen molar-refractivity contribution in [3.8, 4) is 28.3 Å². The fourth-order valence-corrected chi connectivity index (χ4v) is 4.27. The Morgan fingerprint density at radius 3 is 2.22 bits per heavy atom. The number of carbonyl (C=O) groups is 1. The Balaban J connectivity index is 1.32. The Bertz CT molecular complexity index is 1270. The van der Waals surface area contributed by atoms with Crippen LogP contribution in [0.4, 0.5) is 9.18 Å². The number of rotatable bonds is 10. The van der Waals surface area contributed by atoms with Crippen LogP contribution in [0.15, 0.2) is 84.9 Å². The van der Waals surface area contributed by atoms with E-state index in [9.17, 15) is 9.18 Å². The summed E-state index contributed by atoms with van der Waals surface area (Å²) in [6.07, 6.45) is 2.34. The van der Waals surface area contributed by atoms with E-state index < -0.39 is 12.0 Å². The Labute approximate surface area is 211 Å². The molecule has 0 aliphatic carbocycles. The number of imidazole rings is 1. The van der Waals surface area contributed by atoms with E-state index in [0.717, 1.165) is 54.1 Å². The van der Waals surface area contributed by atoms with E-state index in [2.05, 4.69) is 47.9 Å². The van der Waals surface area contributed by atoms with Gasteiger partial charge >= 0.3 is 6.16 Å². The molecule has 0 saturated carbocycles. The maximum absolute atomic E-state index is 13.6. The SMILES string of the molecule is Cc1nc(-c2ccccc2)c(-c2ccccc2)n1CCCCCC(C)OC(=O)Oc1ccccc1F. The van der Waals surface area contributed by atoms with Crippen LogP contribution in [0.5, 0.6) is 5.75 Å². The lowest BCUT2D eigenvalue weighted by Crippen LogP contribution is -2.18. The molecule has 6 heteroatoms. The van der Waals surface area contributed by atoms with Gasteiger partial charge in [-0.2, -0.15) is 0 Å². The molecule has 1 atom stereocenters. The van der Waals surface area contributed by atoms with Crippen molar-refractivity contribution in [3.05, 3.63) is 96.6 Å². The van der Waals surface area contributed by atoms with Crippen LogP contribution in [0.3, 0.4) is 0 Å². The number of ether oxygens (including phenoxy) is 2. The van der Waals surface area contributed by atoms with E-state index in [1.54, 1.807) is 6.07 Å². The molecule has 0 amide bonds. The van der Waals surface area contributed by atoms with Gasteiger partial charge in [-0.25, -0.2) is 14.2 Å². The van der Waals surface area contributed by atoms with E-state index in [0.29, 0.717) is 6.42 Å². The quantitative estimate of drug-likeness (QED) is 0.130. The third-order valence-electron chi connectivity index (χ3n) is 6.07. The van der Waals surface area contributed by atoms with Gasteiger partial charge in [-0.1, -0.05) is 79.2 Å². The lowest BCUT2D eigenvalue weighted by Gasteiger charge is -2.14. The summed E-state index contributed by atoms with van der Waals surface area (Å²) in [6.45, 7) is 4.72. The number of hydrogen-bond donors (Lipinski definition) is 0. The number of nitrogens with zero attached hydrogens (tertiary/aromatic N) is 2. The normalized spacial score (nSPS) is 11.8. The lowest BCUT2D eigenvalue weighted by molar-refractivity contribution is 0.0602. The minimum atomic E-state index is -0.886. The molecule has 1 unspecified atom stereocenters. The molecule has 0 N–H and O–H groups in total. The molecule has 1 aromatic heterocycles. The minimum Gasteiger partial charge on any atom is -0.431 e. The van der Waals surface area contributed by atoms with Gasteiger partial charge in [0.2, 0.25) is 0 Å². The molecular formula is C30H31FN2O3. The van der Waals surface area contributed by atoms with Gasteiger partial charge in [-0.05, 0) is 45.2 Å². The lowest BCUT2D eigenvalue weighted by atomic mass is 10.0. The van der Waals surface area contributed by atoms with Crippen molar-refractivity contribution < 1.29 is 18.7 Å². The zero-order valence-electron chi connectivity index (χ0n) is 20.7. The van der Waals surface area contributed by atoms with Crippen LogP contribution in [0.1, 0.15) is 38.4 Å². The molecule has 186 valence electrons. The molecule has 1 heterocycles. The van der Waals surface area contributed by atoms with Crippen molar-refractivity contribution in [1.29, 1.82) is 0 Å². The Hall–Kier alpha value is -3.93. The molecule has 0 fully saturated rings. The summed E-state index contributed by atoms with van der Waals surface area (Å²) in [6, 6.07) is 26.4. The van der Waals surface area contributed by atoms with E-state index >= 15 is 0 Å². The van der Waals surface area contributed by atoms with Crippen LogP contribution in [0.25, 0.3) is 22.5 Å². The third-order valence-corrected chi connectivity index (χ3v) is 6.07. The molecule has 0 aliphatic heterocycles. The van der Waals surface area contributed by atoms with E-state index in [1.165, 1.54) is 18.2 Å². The number of hydrogen-bond acceptors (Lipinski definition) is 4. The maximum Gasteiger partial charge on any atom is 0.514 e. The predicted octanol–water partition coefficient (Wildman–Crippen LogP) is 7.83. The van der Waals surface area contributed by atoms with Gasteiger partial charge in [0, 0.05) is 17.7 Å². The summed E-state index contributed by atoms with van der Waals surface area (Å²) in [5, 5.41) is 0. The number of para-hydroxylation sites is 1. The fourth-order valence-electron chi connectivity index (χ4n) is 4.27. The van der Waals surface area contributed by atoms with E-state index in [4.69, 9.17) is 14.5 Å². The number of aromatic nitrogens is 2. The van der Waals surface area contributed by atoms with Crippen molar-refractivity contribution in [1.82, 2.24) is 9.55 Å². The standard InChI is InChI=1S/C30H31FN2O3/c1-22(35-30(34)36-27-20-12-11-19-26(27)31)14-6-5-13-21-33-23(2)32-28(24-15-7-3-8-16-24)29(33)25-17-9-4-10-18-25/h3-4,7-12,15-20,22H,5-6,13-14,21H2,1-2H3. The van der Waals surface area contributed by atoms with Crippen LogP contribution in [-0.2, 0) is 11.3 Å². The minimum absolute atomic E-state index is 0.130. The third kappa shape index (κ3) is 6.39. The molecule has 0 saturated heterocycles. The van der Waals surface area contributed by atoms with Crippen LogP contribution >= 0.6 is 0 Å². The Morgan fingerprint density at radius 1 is 0.889 bits per heavy atom. The van der Waals surface area contributed by atoms with E-state index in [1.807, 2.05) is 31.2 Å². The summed E-state index contributed by atoms with van der Waals surface area (Å²) in [5.41, 5.74) is 4.38. The Morgan fingerprint density at radius 2 is 1.53 bits per heavy atom. The van der Waals surface area contributed by atoms with Crippen molar-refractivity contribution in [3.63, 3.8) is 0 Å². The number of unbranched alkanes of at least 4 members (excludes halogenated alkanes) is 2. The first-order chi connectivity index (χ1) is 17.5. The zero-order chi connectivity index (χ0) is 25.3. The molecule has 4 rings (SSSR count). The second kappa shape index (κ2) is 12.2. The molecule has 3 aromatic carbocycles. The molecule has 0 spiro atoms. The van der Waals surface area contributed by atoms with Gasteiger partial charge < -0.3 is 14.0 Å². The molecular weight excluding hydrogens is 455 g/mol. The van der Waals surface area contributed by atoms with Crippen molar-refractivity contribution in [2.24, 2.45) is 0 Å². The van der Waals surface area contributed by atoms with Gasteiger partial charge in [-0.15, -0.1) is 0 Å². The molecule has 0 bridgehead atoms. The predicted molar refractivity (Wildman–Crippen MR) is 139 cm³/mol. The molecule has 4 aromatic rings. The highest BCUT2D eigenvalue weighted by Crippen LogP contribution is 2.33. The first-order valence-corrected chi connectivity index (χ1v) is 12.3. The number of benzene rings is 3. The van der Waals surface area contributed by atoms with Gasteiger partial charge in [0.05, 0.1) is 11.4 Å². The van der Waals surface area contributed by atoms with Crippen LogP contribution in [0.2, 0.25) is 0 Å².